The molecule has 0 spiro atoms. The van der Waals surface area contributed by atoms with Crippen LogP contribution in [0.2, 0.25) is 10.0 Å². The number of aliphatic carboxylic acids is 1. The van der Waals surface area contributed by atoms with Crippen LogP contribution in [0.1, 0.15) is 18.9 Å². The second-order valence-electron chi connectivity index (χ2n) is 5.28. The molecule has 2 atom stereocenters. The largest absolute Gasteiger partial charge is 0.481 e. The van der Waals surface area contributed by atoms with Crippen molar-refractivity contribution in [3.63, 3.8) is 0 Å². The van der Waals surface area contributed by atoms with Gasteiger partial charge in [0.1, 0.15) is 0 Å². The number of piperidine rings is 1. The first-order valence-corrected chi connectivity index (χ1v) is 7.11. The summed E-state index contributed by atoms with van der Waals surface area (Å²) in [6.45, 7) is 4.20. The summed E-state index contributed by atoms with van der Waals surface area (Å²) in [6, 6.07) is 5.56. The predicted octanol–water partition coefficient (Wildman–Crippen LogP) is 3.54. The van der Waals surface area contributed by atoms with Gasteiger partial charge in [0.05, 0.1) is 16.0 Å². The van der Waals surface area contributed by atoms with E-state index >= 15 is 0 Å². The number of benzene rings is 1. The SMILES string of the molecule is CC1CC(C(=O)O)CN(Cc2cccc(Cl)c2Cl)C1. The highest BCUT2D eigenvalue weighted by Crippen LogP contribution is 2.29. The number of rotatable bonds is 3. The third kappa shape index (κ3) is 3.62. The fourth-order valence-corrected chi connectivity index (χ4v) is 3.06. The van der Waals surface area contributed by atoms with Crippen LogP contribution in [0.25, 0.3) is 0 Å². The molecule has 1 aliphatic rings. The van der Waals surface area contributed by atoms with Crippen LogP contribution in [-0.4, -0.2) is 29.1 Å². The van der Waals surface area contributed by atoms with Crippen molar-refractivity contribution in [1.82, 2.24) is 4.90 Å². The molecule has 2 rings (SSSR count). The summed E-state index contributed by atoms with van der Waals surface area (Å²) in [5.41, 5.74) is 0.951. The van der Waals surface area contributed by atoms with E-state index in [-0.39, 0.29) is 5.92 Å². The molecular formula is C14H17Cl2NO2. The molecule has 0 amide bonds. The molecule has 1 aromatic rings. The van der Waals surface area contributed by atoms with Crippen molar-refractivity contribution in [1.29, 1.82) is 0 Å². The third-order valence-electron chi connectivity index (χ3n) is 3.51. The average molecular weight is 302 g/mol. The van der Waals surface area contributed by atoms with Gasteiger partial charge in [-0.3, -0.25) is 9.69 Å². The number of carboxylic acids is 1. The highest BCUT2D eigenvalue weighted by Gasteiger charge is 2.29. The van der Waals surface area contributed by atoms with Crippen molar-refractivity contribution in [2.24, 2.45) is 11.8 Å². The van der Waals surface area contributed by atoms with Gasteiger partial charge in [-0.15, -0.1) is 0 Å². The predicted molar refractivity (Wildman–Crippen MR) is 76.6 cm³/mol. The summed E-state index contributed by atoms with van der Waals surface area (Å²) in [6.07, 6.45) is 0.745. The van der Waals surface area contributed by atoms with E-state index in [1.807, 2.05) is 12.1 Å². The quantitative estimate of drug-likeness (QED) is 0.928. The lowest BCUT2D eigenvalue weighted by Gasteiger charge is -2.34. The fraction of sp³-hybridized carbons (Fsp3) is 0.500. The van der Waals surface area contributed by atoms with Gasteiger partial charge in [-0.05, 0) is 24.0 Å². The van der Waals surface area contributed by atoms with Gasteiger partial charge in [-0.2, -0.15) is 0 Å². The first-order chi connectivity index (χ1) is 8.97. The Balaban J connectivity index is 2.09. The summed E-state index contributed by atoms with van der Waals surface area (Å²) in [5.74, 6) is -0.622. The molecule has 3 nitrogen and oxygen atoms in total. The molecule has 1 aliphatic heterocycles. The monoisotopic (exact) mass is 301 g/mol. The molecule has 0 aliphatic carbocycles. The van der Waals surface area contributed by atoms with Gasteiger partial charge >= 0.3 is 5.97 Å². The number of hydrogen-bond acceptors (Lipinski definition) is 2. The van der Waals surface area contributed by atoms with Gasteiger partial charge in [0.15, 0.2) is 0 Å². The smallest absolute Gasteiger partial charge is 0.307 e. The number of nitrogens with zero attached hydrogens (tertiary/aromatic N) is 1. The standard InChI is InChI=1S/C14H17Cl2NO2/c1-9-5-11(14(18)19)8-17(6-9)7-10-3-2-4-12(15)13(10)16/h2-4,9,11H,5-8H2,1H3,(H,18,19). The van der Waals surface area contributed by atoms with Gasteiger partial charge in [-0.1, -0.05) is 42.3 Å². The maximum Gasteiger partial charge on any atom is 0.307 e. The van der Waals surface area contributed by atoms with E-state index in [9.17, 15) is 4.79 Å². The van der Waals surface area contributed by atoms with Crippen molar-refractivity contribution in [2.45, 2.75) is 19.9 Å². The van der Waals surface area contributed by atoms with Crippen molar-refractivity contribution >= 4 is 29.2 Å². The average Bonchev–Trinajstić information content (AvgIpc) is 2.34. The number of hydrogen-bond donors (Lipinski definition) is 1. The lowest BCUT2D eigenvalue weighted by atomic mass is 9.90. The van der Waals surface area contributed by atoms with E-state index in [1.165, 1.54) is 0 Å². The minimum absolute atomic E-state index is 0.290. The lowest BCUT2D eigenvalue weighted by molar-refractivity contribution is -0.144. The minimum atomic E-state index is -0.714. The van der Waals surface area contributed by atoms with E-state index in [4.69, 9.17) is 28.3 Å². The zero-order valence-corrected chi connectivity index (χ0v) is 12.3. The molecule has 1 aromatic carbocycles. The first kappa shape index (κ1) is 14.6. The summed E-state index contributed by atoms with van der Waals surface area (Å²) in [4.78, 5) is 13.3. The highest BCUT2D eigenvalue weighted by molar-refractivity contribution is 6.42. The van der Waals surface area contributed by atoms with Crippen LogP contribution in [0, 0.1) is 11.8 Å². The van der Waals surface area contributed by atoms with Crippen molar-refractivity contribution in [3.8, 4) is 0 Å². The maximum absolute atomic E-state index is 11.1. The molecule has 2 unspecified atom stereocenters. The second-order valence-corrected chi connectivity index (χ2v) is 6.07. The maximum atomic E-state index is 11.1. The van der Waals surface area contributed by atoms with Crippen LogP contribution in [0.5, 0.6) is 0 Å². The van der Waals surface area contributed by atoms with Crippen molar-refractivity contribution in [2.75, 3.05) is 13.1 Å². The number of carboxylic acid groups (broad SMARTS) is 1. The molecule has 1 saturated heterocycles. The van der Waals surface area contributed by atoms with E-state index < -0.39 is 5.97 Å². The molecule has 0 aromatic heterocycles. The second kappa shape index (κ2) is 6.12. The van der Waals surface area contributed by atoms with Gasteiger partial charge in [0, 0.05) is 19.6 Å². The summed E-state index contributed by atoms with van der Waals surface area (Å²) >= 11 is 12.2. The number of carbonyl (C=O) groups is 1. The number of likely N-dealkylation sites (tertiary alicyclic amines) is 1. The van der Waals surface area contributed by atoms with Gasteiger partial charge in [0.2, 0.25) is 0 Å². The summed E-state index contributed by atoms with van der Waals surface area (Å²) in [5, 5.41) is 10.3. The van der Waals surface area contributed by atoms with E-state index in [0.717, 1.165) is 18.5 Å². The van der Waals surface area contributed by atoms with Crippen LogP contribution in [-0.2, 0) is 11.3 Å². The molecule has 0 bridgehead atoms. The lowest BCUT2D eigenvalue weighted by Crippen LogP contribution is -2.42. The molecule has 1 heterocycles. The molecule has 19 heavy (non-hydrogen) atoms. The highest BCUT2D eigenvalue weighted by atomic mass is 35.5. The Hall–Kier alpha value is -0.770. The first-order valence-electron chi connectivity index (χ1n) is 6.35. The Labute approximate surface area is 123 Å². The fourth-order valence-electron chi connectivity index (χ4n) is 2.68. The Morgan fingerprint density at radius 3 is 2.84 bits per heavy atom. The van der Waals surface area contributed by atoms with Crippen LogP contribution >= 0.6 is 23.2 Å². The zero-order valence-electron chi connectivity index (χ0n) is 10.8. The Morgan fingerprint density at radius 1 is 1.42 bits per heavy atom. The molecule has 104 valence electrons. The number of halogens is 2. The summed E-state index contributed by atoms with van der Waals surface area (Å²) < 4.78 is 0. The topological polar surface area (TPSA) is 40.5 Å². The zero-order chi connectivity index (χ0) is 14.0. The Bertz CT molecular complexity index is 479. The molecular weight excluding hydrogens is 285 g/mol. The van der Waals surface area contributed by atoms with E-state index in [0.29, 0.717) is 29.1 Å². The van der Waals surface area contributed by atoms with E-state index in [2.05, 4.69) is 11.8 Å². The molecule has 0 saturated carbocycles. The van der Waals surface area contributed by atoms with E-state index in [1.54, 1.807) is 6.07 Å². The minimum Gasteiger partial charge on any atom is -0.481 e. The molecule has 5 heteroatoms. The van der Waals surface area contributed by atoms with Crippen molar-refractivity contribution < 1.29 is 9.90 Å². The van der Waals surface area contributed by atoms with Crippen molar-refractivity contribution in [3.05, 3.63) is 33.8 Å². The Morgan fingerprint density at radius 2 is 2.16 bits per heavy atom. The normalized spacial score (nSPS) is 24.4. The van der Waals surface area contributed by atoms with Crippen LogP contribution in [0.3, 0.4) is 0 Å². The molecule has 0 radical (unpaired) electrons. The van der Waals surface area contributed by atoms with Gasteiger partial charge < -0.3 is 5.11 Å². The third-order valence-corrected chi connectivity index (χ3v) is 4.37. The van der Waals surface area contributed by atoms with Crippen LogP contribution in [0.15, 0.2) is 18.2 Å². The van der Waals surface area contributed by atoms with Gasteiger partial charge in [0.25, 0.3) is 0 Å². The molecule has 1 N–H and O–H groups in total. The van der Waals surface area contributed by atoms with Gasteiger partial charge in [-0.25, -0.2) is 0 Å². The Kier molecular flexibility index (Phi) is 4.71. The summed E-state index contributed by atoms with van der Waals surface area (Å²) in [7, 11) is 0. The van der Waals surface area contributed by atoms with Crippen LogP contribution < -0.4 is 0 Å². The van der Waals surface area contributed by atoms with Crippen LogP contribution in [0.4, 0.5) is 0 Å². The molecule has 1 fully saturated rings.